The van der Waals surface area contributed by atoms with Gasteiger partial charge < -0.3 is 9.77 Å². The van der Waals surface area contributed by atoms with Crippen LogP contribution >= 0.6 is 0 Å². The van der Waals surface area contributed by atoms with Crippen molar-refractivity contribution in [1.82, 2.24) is 9.55 Å². The molecule has 0 saturated heterocycles. The van der Waals surface area contributed by atoms with E-state index in [1.54, 1.807) is 12.5 Å². The van der Waals surface area contributed by atoms with Crippen molar-refractivity contribution in [2.24, 2.45) is 10.6 Å². The van der Waals surface area contributed by atoms with Gasteiger partial charge in [0.05, 0.1) is 12.5 Å². The number of hydrogen-bond donors (Lipinski definition) is 1. The van der Waals surface area contributed by atoms with Gasteiger partial charge in [0.1, 0.15) is 0 Å². The van der Waals surface area contributed by atoms with Gasteiger partial charge in [-0.3, -0.25) is 0 Å². The van der Waals surface area contributed by atoms with Crippen LogP contribution in [-0.2, 0) is 6.54 Å². The maximum absolute atomic E-state index is 8.38. The summed E-state index contributed by atoms with van der Waals surface area (Å²) < 4.78 is 1.95. The summed E-state index contributed by atoms with van der Waals surface area (Å²) in [6, 6.07) is 0. The third kappa shape index (κ3) is 2.38. The Kier molecular flexibility index (Phi) is 2.47. The third-order valence-electron chi connectivity index (χ3n) is 1.56. The quantitative estimate of drug-likeness (QED) is 0.420. The fourth-order valence-corrected chi connectivity index (χ4v) is 1.05. The Bertz CT molecular complexity index is 251. The van der Waals surface area contributed by atoms with Crippen LogP contribution in [0.5, 0.6) is 0 Å². The molecule has 0 saturated carbocycles. The summed E-state index contributed by atoms with van der Waals surface area (Å²) in [6.45, 7) is 4.75. The van der Waals surface area contributed by atoms with Crippen LogP contribution in [0.15, 0.2) is 23.9 Å². The Labute approximate surface area is 71.5 Å². The maximum Gasteiger partial charge on any atom is 0.0946 e. The molecule has 0 aliphatic heterocycles. The average molecular weight is 167 g/mol. The highest BCUT2D eigenvalue weighted by Crippen LogP contribution is 2.14. The van der Waals surface area contributed by atoms with Crippen LogP contribution in [0.4, 0.5) is 0 Å². The minimum Gasteiger partial charge on any atom is -0.411 e. The second-order valence-corrected chi connectivity index (χ2v) is 3.47. The van der Waals surface area contributed by atoms with E-state index in [4.69, 9.17) is 5.21 Å². The second kappa shape index (κ2) is 3.38. The van der Waals surface area contributed by atoms with E-state index in [1.807, 2.05) is 24.6 Å². The number of aromatic nitrogens is 2. The van der Waals surface area contributed by atoms with Crippen LogP contribution in [0.2, 0.25) is 0 Å². The van der Waals surface area contributed by atoms with Crippen LogP contribution in [0, 0.1) is 5.41 Å². The van der Waals surface area contributed by atoms with E-state index in [0.29, 0.717) is 0 Å². The molecular weight excluding hydrogens is 154 g/mol. The second-order valence-electron chi connectivity index (χ2n) is 3.47. The zero-order valence-electron chi connectivity index (χ0n) is 7.31. The van der Waals surface area contributed by atoms with Crippen LogP contribution in [-0.4, -0.2) is 21.0 Å². The Morgan fingerprint density at radius 2 is 2.42 bits per heavy atom. The van der Waals surface area contributed by atoms with Crippen molar-refractivity contribution in [2.45, 2.75) is 20.4 Å². The molecule has 1 rings (SSSR count). The summed E-state index contributed by atoms with van der Waals surface area (Å²) in [4.78, 5) is 3.92. The van der Waals surface area contributed by atoms with E-state index in [9.17, 15) is 0 Å². The molecule has 0 atom stereocenters. The molecule has 12 heavy (non-hydrogen) atoms. The smallest absolute Gasteiger partial charge is 0.0946 e. The predicted molar refractivity (Wildman–Crippen MR) is 46.3 cm³/mol. The molecule has 1 heterocycles. The van der Waals surface area contributed by atoms with Gasteiger partial charge in [0.2, 0.25) is 0 Å². The van der Waals surface area contributed by atoms with Gasteiger partial charge in [0.15, 0.2) is 0 Å². The molecule has 0 aliphatic rings. The minimum absolute atomic E-state index is 0.143. The Balaban J connectivity index is 2.62. The molecule has 1 aromatic heterocycles. The summed E-state index contributed by atoms with van der Waals surface area (Å²) in [7, 11) is 0. The molecule has 1 aromatic rings. The first kappa shape index (κ1) is 8.77. The zero-order valence-corrected chi connectivity index (χ0v) is 7.31. The predicted octanol–water partition coefficient (Wildman–Crippen LogP) is 1.37. The minimum atomic E-state index is -0.143. The van der Waals surface area contributed by atoms with Crippen molar-refractivity contribution in [3.8, 4) is 0 Å². The van der Waals surface area contributed by atoms with E-state index < -0.39 is 0 Å². The molecule has 0 spiro atoms. The first-order valence-corrected chi connectivity index (χ1v) is 3.78. The lowest BCUT2D eigenvalue weighted by molar-refractivity contribution is 0.309. The standard InChI is InChI=1S/C8H13N3O/c1-8(2,5-10-12)6-11-4-3-9-7-11/h3-5,7,12H,6H2,1-2H3. The molecule has 66 valence electrons. The lowest BCUT2D eigenvalue weighted by Crippen LogP contribution is -2.20. The van der Waals surface area contributed by atoms with Crippen molar-refractivity contribution < 1.29 is 5.21 Å². The van der Waals surface area contributed by atoms with Gasteiger partial charge in [-0.05, 0) is 0 Å². The van der Waals surface area contributed by atoms with Gasteiger partial charge in [-0.15, -0.1) is 5.16 Å². The molecule has 1 N–H and O–H groups in total. The summed E-state index contributed by atoms with van der Waals surface area (Å²) in [5.74, 6) is 0. The number of oxime groups is 1. The molecule has 0 amide bonds. The van der Waals surface area contributed by atoms with E-state index >= 15 is 0 Å². The van der Waals surface area contributed by atoms with E-state index in [0.717, 1.165) is 6.54 Å². The fraction of sp³-hybridized carbons (Fsp3) is 0.500. The van der Waals surface area contributed by atoms with Gasteiger partial charge in [0, 0.05) is 24.4 Å². The molecular formula is C8H13N3O. The molecule has 0 bridgehead atoms. The highest BCUT2D eigenvalue weighted by Gasteiger charge is 2.15. The van der Waals surface area contributed by atoms with Crippen molar-refractivity contribution in [3.63, 3.8) is 0 Å². The summed E-state index contributed by atoms with van der Waals surface area (Å²) in [5.41, 5.74) is -0.143. The topological polar surface area (TPSA) is 50.4 Å². The number of hydrogen-bond acceptors (Lipinski definition) is 3. The van der Waals surface area contributed by atoms with Gasteiger partial charge >= 0.3 is 0 Å². The highest BCUT2D eigenvalue weighted by atomic mass is 16.4. The van der Waals surface area contributed by atoms with Crippen LogP contribution in [0.25, 0.3) is 0 Å². The molecule has 0 fully saturated rings. The lowest BCUT2D eigenvalue weighted by Gasteiger charge is -2.18. The van der Waals surface area contributed by atoms with Crippen LogP contribution < -0.4 is 0 Å². The molecule has 4 nitrogen and oxygen atoms in total. The first-order chi connectivity index (χ1) is 5.64. The molecule has 0 unspecified atom stereocenters. The SMILES string of the molecule is CC(C)(C=NO)Cn1ccnc1. The fourth-order valence-electron chi connectivity index (χ4n) is 1.05. The Hall–Kier alpha value is -1.32. The zero-order chi connectivity index (χ0) is 9.03. The van der Waals surface area contributed by atoms with Crippen LogP contribution in [0.3, 0.4) is 0 Å². The number of imidazole rings is 1. The van der Waals surface area contributed by atoms with E-state index in [-0.39, 0.29) is 5.41 Å². The first-order valence-electron chi connectivity index (χ1n) is 3.78. The van der Waals surface area contributed by atoms with Gasteiger partial charge in [-0.25, -0.2) is 4.98 Å². The van der Waals surface area contributed by atoms with E-state index in [1.165, 1.54) is 6.21 Å². The molecule has 0 radical (unpaired) electrons. The maximum atomic E-state index is 8.38. The van der Waals surface area contributed by atoms with Gasteiger partial charge in [-0.2, -0.15) is 0 Å². The third-order valence-corrected chi connectivity index (χ3v) is 1.56. The Morgan fingerprint density at radius 3 is 2.92 bits per heavy atom. The van der Waals surface area contributed by atoms with Gasteiger partial charge in [-0.1, -0.05) is 13.8 Å². The summed E-state index contributed by atoms with van der Waals surface area (Å²) in [6.07, 6.45) is 6.87. The lowest BCUT2D eigenvalue weighted by atomic mass is 9.95. The van der Waals surface area contributed by atoms with Crippen molar-refractivity contribution in [1.29, 1.82) is 0 Å². The highest BCUT2D eigenvalue weighted by molar-refractivity contribution is 5.63. The Morgan fingerprint density at radius 1 is 1.67 bits per heavy atom. The van der Waals surface area contributed by atoms with E-state index in [2.05, 4.69) is 10.1 Å². The number of rotatable bonds is 3. The average Bonchev–Trinajstić information content (AvgIpc) is 2.38. The molecule has 0 aliphatic carbocycles. The van der Waals surface area contributed by atoms with Crippen molar-refractivity contribution in [2.75, 3.05) is 0 Å². The summed E-state index contributed by atoms with van der Waals surface area (Å²) in [5, 5.41) is 11.4. The largest absolute Gasteiger partial charge is 0.411 e. The number of nitrogens with zero attached hydrogens (tertiary/aromatic N) is 3. The monoisotopic (exact) mass is 167 g/mol. The van der Waals surface area contributed by atoms with Gasteiger partial charge in [0.25, 0.3) is 0 Å². The summed E-state index contributed by atoms with van der Waals surface area (Å²) >= 11 is 0. The molecule has 4 heteroatoms. The van der Waals surface area contributed by atoms with Crippen molar-refractivity contribution in [3.05, 3.63) is 18.7 Å². The molecule has 0 aromatic carbocycles. The van der Waals surface area contributed by atoms with Crippen molar-refractivity contribution >= 4 is 6.21 Å². The normalized spacial score (nSPS) is 12.5. The van der Waals surface area contributed by atoms with Crippen LogP contribution in [0.1, 0.15) is 13.8 Å².